The maximum atomic E-state index is 12.5. The predicted molar refractivity (Wildman–Crippen MR) is 86.8 cm³/mol. The first-order chi connectivity index (χ1) is 10.1. The Morgan fingerprint density at radius 3 is 3.00 bits per heavy atom. The van der Waals surface area contributed by atoms with Gasteiger partial charge in [0.2, 0.25) is 10.7 Å². The van der Waals surface area contributed by atoms with Gasteiger partial charge >= 0.3 is 11.4 Å². The lowest BCUT2D eigenvalue weighted by Crippen LogP contribution is -2.38. The van der Waals surface area contributed by atoms with E-state index in [9.17, 15) is 4.79 Å². The van der Waals surface area contributed by atoms with Crippen molar-refractivity contribution >= 4 is 44.1 Å². The highest BCUT2D eigenvalue weighted by Gasteiger charge is 2.19. The molecule has 2 heterocycles. The fourth-order valence-electron chi connectivity index (χ4n) is 2.17. The van der Waals surface area contributed by atoms with E-state index in [2.05, 4.69) is 37.9 Å². The molecule has 0 saturated carbocycles. The van der Waals surface area contributed by atoms with E-state index < -0.39 is 0 Å². The van der Waals surface area contributed by atoms with E-state index in [-0.39, 0.29) is 5.56 Å². The number of halogens is 1. The monoisotopic (exact) mass is 365 g/mol. The lowest BCUT2D eigenvalue weighted by atomic mass is 10.2. The van der Waals surface area contributed by atoms with Gasteiger partial charge in [0.15, 0.2) is 5.52 Å². The average molecular weight is 366 g/mol. The van der Waals surface area contributed by atoms with Crippen LogP contribution in [0.15, 0.2) is 32.6 Å². The number of hydrogen-bond donors (Lipinski definition) is 1. The molecule has 0 radical (unpaired) electrons. The number of aryl methyl sites for hydroxylation is 1. The Hall–Kier alpha value is -1.47. The molecule has 7 heteroatoms. The minimum Gasteiger partial charge on any atom is -0.295 e. The molecule has 0 bridgehead atoms. The molecule has 0 amide bonds. The number of aromatic amines is 1. The minimum absolute atomic E-state index is 0.141. The van der Waals surface area contributed by atoms with Crippen molar-refractivity contribution in [2.45, 2.75) is 25.4 Å². The Balaban J connectivity index is 2.36. The number of nitrogens with zero attached hydrogens (tertiary/aromatic N) is 3. The van der Waals surface area contributed by atoms with Crippen LogP contribution in [0.25, 0.3) is 16.4 Å². The molecule has 0 spiro atoms. The summed E-state index contributed by atoms with van der Waals surface area (Å²) in [6, 6.07) is 5.71. The smallest absolute Gasteiger partial charge is 0.295 e. The second kappa shape index (κ2) is 5.73. The minimum atomic E-state index is -0.141. The Kier molecular flexibility index (Phi) is 3.95. The highest BCUT2D eigenvalue weighted by molar-refractivity contribution is 9.10. The summed E-state index contributed by atoms with van der Waals surface area (Å²) >= 11 is 4.98. The standard InChI is InChI=1S/C14H13BrN4OS/c1-3-6-21-14-17-13(20)12-10-7-9(15)4-5-11(10)16-8(2)19(12)18-14/h4-5,7H,3,6H2,1-2H3/p+1. The van der Waals surface area contributed by atoms with E-state index in [4.69, 9.17) is 0 Å². The summed E-state index contributed by atoms with van der Waals surface area (Å²) in [6.07, 6.45) is 1.03. The number of thioether (sulfide) groups is 1. The van der Waals surface area contributed by atoms with Crippen LogP contribution in [-0.2, 0) is 0 Å². The Labute approximate surface area is 133 Å². The maximum Gasteiger partial charge on any atom is 0.321 e. The number of H-pyrrole nitrogens is 1. The predicted octanol–water partition coefficient (Wildman–Crippen LogP) is 2.63. The summed E-state index contributed by atoms with van der Waals surface area (Å²) in [4.78, 5) is 19.8. The van der Waals surface area contributed by atoms with E-state index >= 15 is 0 Å². The normalized spacial score (nSPS) is 11.4. The van der Waals surface area contributed by atoms with Crippen LogP contribution in [0.3, 0.4) is 0 Å². The van der Waals surface area contributed by atoms with Gasteiger partial charge in [0.25, 0.3) is 0 Å². The molecule has 1 aromatic carbocycles. The molecule has 0 aliphatic rings. The molecule has 0 aliphatic heterocycles. The van der Waals surface area contributed by atoms with Crippen LogP contribution < -0.4 is 10.1 Å². The van der Waals surface area contributed by atoms with E-state index in [1.54, 1.807) is 16.3 Å². The molecule has 5 nitrogen and oxygen atoms in total. The van der Waals surface area contributed by atoms with Gasteiger partial charge < -0.3 is 0 Å². The van der Waals surface area contributed by atoms with Gasteiger partial charge in [-0.05, 0) is 29.6 Å². The van der Waals surface area contributed by atoms with Crippen molar-refractivity contribution in [1.82, 2.24) is 15.1 Å². The van der Waals surface area contributed by atoms with Crippen LogP contribution >= 0.6 is 27.7 Å². The Morgan fingerprint density at radius 2 is 2.24 bits per heavy atom. The summed E-state index contributed by atoms with van der Waals surface area (Å²) < 4.78 is 2.54. The van der Waals surface area contributed by atoms with Gasteiger partial charge in [-0.2, -0.15) is 0 Å². The van der Waals surface area contributed by atoms with Crippen molar-refractivity contribution < 1.29 is 4.52 Å². The molecule has 0 fully saturated rings. The van der Waals surface area contributed by atoms with Crippen molar-refractivity contribution in [3.8, 4) is 0 Å². The van der Waals surface area contributed by atoms with Crippen LogP contribution in [0.1, 0.15) is 19.2 Å². The Bertz CT molecular complexity index is 893. The van der Waals surface area contributed by atoms with Crippen molar-refractivity contribution in [1.29, 1.82) is 0 Å². The number of rotatable bonds is 3. The third kappa shape index (κ3) is 2.67. The zero-order chi connectivity index (χ0) is 15.0. The molecule has 3 aromatic rings. The van der Waals surface area contributed by atoms with E-state index in [0.29, 0.717) is 16.5 Å². The third-order valence-electron chi connectivity index (χ3n) is 3.08. The van der Waals surface area contributed by atoms with Crippen LogP contribution in [0.5, 0.6) is 0 Å². The van der Waals surface area contributed by atoms with Gasteiger partial charge in [-0.25, -0.2) is 0 Å². The molecule has 0 unspecified atom stereocenters. The average Bonchev–Trinajstić information content (AvgIpc) is 2.46. The number of hydrogen-bond acceptors (Lipinski definition) is 4. The van der Waals surface area contributed by atoms with Crippen molar-refractivity contribution in [3.05, 3.63) is 38.9 Å². The first-order valence-corrected chi connectivity index (χ1v) is 8.43. The molecular formula is C14H14BrN4OS+. The quantitative estimate of drug-likeness (QED) is 0.440. The molecular weight excluding hydrogens is 352 g/mol. The second-order valence-corrected chi connectivity index (χ2v) is 6.69. The van der Waals surface area contributed by atoms with Gasteiger partial charge in [-0.15, -0.1) is 0 Å². The largest absolute Gasteiger partial charge is 0.321 e. The zero-order valence-electron chi connectivity index (χ0n) is 11.7. The van der Waals surface area contributed by atoms with E-state index in [0.717, 1.165) is 27.5 Å². The summed E-state index contributed by atoms with van der Waals surface area (Å²) in [7, 11) is 0. The lowest BCUT2D eigenvalue weighted by molar-refractivity contribution is -0.596. The number of aromatic nitrogens is 4. The summed E-state index contributed by atoms with van der Waals surface area (Å²) in [5, 5.41) is 5.91. The highest BCUT2D eigenvalue weighted by atomic mass is 79.9. The van der Waals surface area contributed by atoms with E-state index in [1.807, 2.05) is 25.1 Å². The topological polar surface area (TPSA) is 62.7 Å². The molecule has 0 aliphatic carbocycles. The fourth-order valence-corrected chi connectivity index (χ4v) is 3.23. The lowest BCUT2D eigenvalue weighted by Gasteiger charge is -2.02. The molecule has 2 aromatic heterocycles. The van der Waals surface area contributed by atoms with Crippen LogP contribution in [0, 0.1) is 6.92 Å². The van der Waals surface area contributed by atoms with Crippen LogP contribution in [-0.4, -0.2) is 20.8 Å². The molecule has 0 atom stereocenters. The van der Waals surface area contributed by atoms with Gasteiger partial charge in [0.1, 0.15) is 0 Å². The summed E-state index contributed by atoms with van der Waals surface area (Å²) in [6.45, 7) is 3.95. The van der Waals surface area contributed by atoms with Crippen molar-refractivity contribution in [2.24, 2.45) is 0 Å². The fraction of sp³-hybridized carbons (Fsp3) is 0.286. The number of nitrogens with one attached hydrogen (secondary N) is 1. The SMILES string of the molecule is CCCSc1n[n+]2c(C)nc3ccc(Br)cc3c2c(=O)[nH]1. The summed E-state index contributed by atoms with van der Waals surface area (Å²) in [5.41, 5.74) is 1.17. The molecule has 3 rings (SSSR count). The van der Waals surface area contributed by atoms with Gasteiger partial charge in [0, 0.05) is 17.1 Å². The first-order valence-electron chi connectivity index (χ1n) is 6.65. The Morgan fingerprint density at radius 1 is 1.43 bits per heavy atom. The third-order valence-corrected chi connectivity index (χ3v) is 4.65. The van der Waals surface area contributed by atoms with Gasteiger partial charge in [0.05, 0.1) is 5.39 Å². The van der Waals surface area contributed by atoms with Crippen LogP contribution in [0.4, 0.5) is 0 Å². The van der Waals surface area contributed by atoms with Crippen molar-refractivity contribution in [2.75, 3.05) is 5.75 Å². The number of benzene rings is 1. The zero-order valence-corrected chi connectivity index (χ0v) is 14.1. The summed E-state index contributed by atoms with van der Waals surface area (Å²) in [5.74, 6) is 1.62. The molecule has 108 valence electrons. The maximum absolute atomic E-state index is 12.5. The molecule has 1 N–H and O–H groups in total. The van der Waals surface area contributed by atoms with Gasteiger partial charge in [-0.1, -0.05) is 44.2 Å². The molecule has 21 heavy (non-hydrogen) atoms. The number of fused-ring (bicyclic) bond motifs is 3. The van der Waals surface area contributed by atoms with E-state index in [1.165, 1.54) is 0 Å². The van der Waals surface area contributed by atoms with Crippen molar-refractivity contribution in [3.63, 3.8) is 0 Å². The highest BCUT2D eigenvalue weighted by Crippen LogP contribution is 2.20. The van der Waals surface area contributed by atoms with Crippen LogP contribution in [0.2, 0.25) is 0 Å². The first kappa shape index (κ1) is 14.5. The van der Waals surface area contributed by atoms with Gasteiger partial charge in [-0.3, -0.25) is 9.78 Å². The second-order valence-electron chi connectivity index (χ2n) is 4.69. The molecule has 0 saturated heterocycles.